The minimum absolute atomic E-state index is 0.0337. The van der Waals surface area contributed by atoms with E-state index in [1.54, 1.807) is 7.11 Å². The van der Waals surface area contributed by atoms with Crippen molar-refractivity contribution in [1.82, 2.24) is 14.7 Å². The molecule has 1 heterocycles. The molecule has 0 spiro atoms. The topological polar surface area (TPSA) is 62.0 Å². The van der Waals surface area contributed by atoms with Crippen molar-refractivity contribution in [2.75, 3.05) is 61.0 Å². The van der Waals surface area contributed by atoms with Gasteiger partial charge in [-0.05, 0) is 47.1 Å². The lowest BCUT2D eigenvalue weighted by molar-refractivity contribution is -0.145. The third-order valence-corrected chi connectivity index (χ3v) is 3.97. The molecule has 0 bridgehead atoms. The smallest absolute Gasteiger partial charge is 0.253 e. The van der Waals surface area contributed by atoms with E-state index in [1.807, 2.05) is 19.0 Å². The fourth-order valence-electron chi connectivity index (χ4n) is 2.57. The number of nitrogens with zero attached hydrogens (tertiary/aromatic N) is 3. The molecule has 0 aromatic carbocycles. The molecule has 2 N–H and O–H groups in total. The molecule has 1 aliphatic heterocycles. The maximum atomic E-state index is 12.6. The largest absolute Gasteiger partial charge is 0.370 e. The number of likely N-dealkylation sites (tertiary alicyclic amines) is 1. The van der Waals surface area contributed by atoms with E-state index in [0.717, 1.165) is 39.0 Å². The first-order valence-corrected chi connectivity index (χ1v) is 7.36. The summed E-state index contributed by atoms with van der Waals surface area (Å²) in [6, 6.07) is 0.308. The molecule has 1 amide bonds. The number of methoxy groups -OCH3 is 1. The molecule has 118 valence electrons. The SMILES string of the molecule is COC(CN)C(=O)N(CCN(C)C)C1CCN(C)CC1. The van der Waals surface area contributed by atoms with Gasteiger partial charge in [0.1, 0.15) is 6.10 Å². The van der Waals surface area contributed by atoms with Crippen LogP contribution in [0.3, 0.4) is 0 Å². The summed E-state index contributed by atoms with van der Waals surface area (Å²) in [6.45, 7) is 3.91. The molecule has 1 saturated heterocycles. The monoisotopic (exact) mass is 286 g/mol. The van der Waals surface area contributed by atoms with Crippen LogP contribution in [0.4, 0.5) is 0 Å². The molecule has 20 heavy (non-hydrogen) atoms. The standard InChI is InChI=1S/C14H30N4O2/c1-16(2)9-10-18(14(19)13(11-15)20-4)12-5-7-17(3)8-6-12/h12-13H,5-11,15H2,1-4H3. The third-order valence-electron chi connectivity index (χ3n) is 3.97. The molecule has 0 aliphatic carbocycles. The van der Waals surface area contributed by atoms with Crippen molar-refractivity contribution in [3.63, 3.8) is 0 Å². The van der Waals surface area contributed by atoms with Crippen molar-refractivity contribution in [3.8, 4) is 0 Å². The van der Waals surface area contributed by atoms with Gasteiger partial charge >= 0.3 is 0 Å². The molecule has 0 radical (unpaired) electrons. The summed E-state index contributed by atoms with van der Waals surface area (Å²) in [5, 5.41) is 0. The van der Waals surface area contributed by atoms with Crippen LogP contribution < -0.4 is 5.73 Å². The Morgan fingerprint density at radius 3 is 2.40 bits per heavy atom. The lowest BCUT2D eigenvalue weighted by Crippen LogP contribution is -2.53. The maximum Gasteiger partial charge on any atom is 0.253 e. The number of hydrogen-bond donors (Lipinski definition) is 1. The fourth-order valence-corrected chi connectivity index (χ4v) is 2.57. The second-order valence-corrected chi connectivity index (χ2v) is 5.83. The summed E-state index contributed by atoms with van der Waals surface area (Å²) in [5.74, 6) is 0.0337. The van der Waals surface area contributed by atoms with E-state index in [-0.39, 0.29) is 12.5 Å². The number of amides is 1. The molecule has 0 aromatic heterocycles. The highest BCUT2D eigenvalue weighted by Gasteiger charge is 2.30. The van der Waals surface area contributed by atoms with E-state index in [4.69, 9.17) is 10.5 Å². The zero-order chi connectivity index (χ0) is 15.1. The van der Waals surface area contributed by atoms with Crippen molar-refractivity contribution in [2.45, 2.75) is 25.0 Å². The van der Waals surface area contributed by atoms with Crippen LogP contribution in [-0.4, -0.2) is 93.7 Å². The minimum Gasteiger partial charge on any atom is -0.370 e. The first-order chi connectivity index (χ1) is 9.49. The number of carbonyl (C=O) groups excluding carboxylic acids is 1. The van der Waals surface area contributed by atoms with Gasteiger partial charge in [0.05, 0.1) is 0 Å². The van der Waals surface area contributed by atoms with Crippen LogP contribution in [0.1, 0.15) is 12.8 Å². The molecule has 6 nitrogen and oxygen atoms in total. The van der Waals surface area contributed by atoms with E-state index in [1.165, 1.54) is 0 Å². The van der Waals surface area contributed by atoms with Gasteiger partial charge in [-0.1, -0.05) is 0 Å². The van der Waals surface area contributed by atoms with Crippen LogP contribution in [-0.2, 0) is 9.53 Å². The van der Waals surface area contributed by atoms with E-state index >= 15 is 0 Å². The van der Waals surface area contributed by atoms with Crippen molar-refractivity contribution < 1.29 is 9.53 Å². The first-order valence-electron chi connectivity index (χ1n) is 7.36. The highest BCUT2D eigenvalue weighted by molar-refractivity contribution is 5.81. The van der Waals surface area contributed by atoms with Gasteiger partial charge in [0.15, 0.2) is 0 Å². The Hall–Kier alpha value is -0.690. The Balaban J connectivity index is 2.70. The summed E-state index contributed by atoms with van der Waals surface area (Å²) in [5.41, 5.74) is 5.64. The zero-order valence-electron chi connectivity index (χ0n) is 13.3. The highest BCUT2D eigenvalue weighted by Crippen LogP contribution is 2.17. The lowest BCUT2D eigenvalue weighted by Gasteiger charge is -2.39. The van der Waals surface area contributed by atoms with Gasteiger partial charge in [0, 0.05) is 32.8 Å². The molecule has 6 heteroatoms. The van der Waals surface area contributed by atoms with Gasteiger partial charge in [0.25, 0.3) is 5.91 Å². The molecule has 1 atom stereocenters. The van der Waals surface area contributed by atoms with Crippen LogP contribution in [0.5, 0.6) is 0 Å². The number of piperidine rings is 1. The van der Waals surface area contributed by atoms with Crippen LogP contribution in [0.15, 0.2) is 0 Å². The molecular weight excluding hydrogens is 256 g/mol. The Bertz CT molecular complexity index is 287. The first kappa shape index (κ1) is 17.4. The van der Waals surface area contributed by atoms with Gasteiger partial charge in [-0.15, -0.1) is 0 Å². The molecule has 0 aromatic rings. The summed E-state index contributed by atoms with van der Waals surface area (Å²) in [6.07, 6.45) is 1.53. The van der Waals surface area contributed by atoms with Crippen molar-refractivity contribution in [2.24, 2.45) is 5.73 Å². The second kappa shape index (κ2) is 8.56. The summed E-state index contributed by atoms with van der Waals surface area (Å²) < 4.78 is 5.22. The highest BCUT2D eigenvalue weighted by atomic mass is 16.5. The van der Waals surface area contributed by atoms with E-state index < -0.39 is 6.10 Å². The Kier molecular flexibility index (Phi) is 7.43. The van der Waals surface area contributed by atoms with E-state index in [0.29, 0.717) is 6.04 Å². The van der Waals surface area contributed by atoms with E-state index in [2.05, 4.69) is 16.8 Å². The number of ether oxygens (including phenoxy) is 1. The number of carbonyl (C=O) groups is 1. The van der Waals surface area contributed by atoms with Gasteiger partial charge in [0.2, 0.25) is 0 Å². The molecule has 1 fully saturated rings. The van der Waals surface area contributed by atoms with Crippen molar-refractivity contribution in [1.29, 1.82) is 0 Å². The summed E-state index contributed by atoms with van der Waals surface area (Å²) in [7, 11) is 7.72. The Labute approximate surface area is 122 Å². The average Bonchev–Trinajstić information content (AvgIpc) is 2.42. The third kappa shape index (κ3) is 5.01. The van der Waals surface area contributed by atoms with Gasteiger partial charge in [-0.3, -0.25) is 4.79 Å². The molecule has 1 rings (SSSR count). The van der Waals surface area contributed by atoms with Crippen molar-refractivity contribution >= 4 is 5.91 Å². The summed E-state index contributed by atoms with van der Waals surface area (Å²) >= 11 is 0. The average molecular weight is 286 g/mol. The van der Waals surface area contributed by atoms with Gasteiger partial charge < -0.3 is 25.2 Å². The predicted octanol–water partition coefficient (Wildman–Crippen LogP) is -0.555. The van der Waals surface area contributed by atoms with E-state index in [9.17, 15) is 4.79 Å². The molecule has 1 unspecified atom stereocenters. The molecule has 1 aliphatic rings. The zero-order valence-corrected chi connectivity index (χ0v) is 13.3. The summed E-state index contributed by atoms with van der Waals surface area (Å²) in [4.78, 5) is 19.0. The van der Waals surface area contributed by atoms with Crippen LogP contribution in [0, 0.1) is 0 Å². The van der Waals surface area contributed by atoms with Crippen LogP contribution in [0.2, 0.25) is 0 Å². The molecule has 0 saturated carbocycles. The predicted molar refractivity (Wildman–Crippen MR) is 80.6 cm³/mol. The Morgan fingerprint density at radius 2 is 1.95 bits per heavy atom. The van der Waals surface area contributed by atoms with Gasteiger partial charge in [-0.2, -0.15) is 0 Å². The molecular formula is C14H30N4O2. The quantitative estimate of drug-likeness (QED) is 0.680. The van der Waals surface area contributed by atoms with Crippen molar-refractivity contribution in [3.05, 3.63) is 0 Å². The van der Waals surface area contributed by atoms with Crippen LogP contribution >= 0.6 is 0 Å². The number of nitrogens with two attached hydrogens (primary N) is 1. The maximum absolute atomic E-state index is 12.6. The van der Waals surface area contributed by atoms with Crippen LogP contribution in [0.25, 0.3) is 0 Å². The minimum atomic E-state index is -0.517. The number of likely N-dealkylation sites (N-methyl/N-ethyl adjacent to an activating group) is 1. The number of hydrogen-bond acceptors (Lipinski definition) is 5. The van der Waals surface area contributed by atoms with Gasteiger partial charge in [-0.25, -0.2) is 0 Å². The normalized spacial score (nSPS) is 19.3. The second-order valence-electron chi connectivity index (χ2n) is 5.83. The lowest BCUT2D eigenvalue weighted by atomic mass is 10.0. The fraction of sp³-hybridized carbons (Fsp3) is 0.929. The number of rotatable bonds is 7. The Morgan fingerprint density at radius 1 is 1.35 bits per heavy atom.